The van der Waals surface area contributed by atoms with Crippen LogP contribution in [0.2, 0.25) is 0 Å². The molecule has 5 nitrogen and oxygen atoms in total. The third-order valence-electron chi connectivity index (χ3n) is 2.49. The second kappa shape index (κ2) is 4.21. The number of amides is 1. The van der Waals surface area contributed by atoms with Crippen LogP contribution in [0.1, 0.15) is 16.8 Å². The smallest absolute Gasteiger partial charge is 0.253 e. The molecule has 1 aliphatic heterocycles. The van der Waals surface area contributed by atoms with E-state index in [-0.39, 0.29) is 23.5 Å². The quantitative estimate of drug-likeness (QED) is 0.789. The van der Waals surface area contributed by atoms with Crippen molar-refractivity contribution < 1.29 is 13.2 Å². The molecular formula is C10H12N2O3S. The van der Waals surface area contributed by atoms with Crippen molar-refractivity contribution in [2.24, 2.45) is 0 Å². The third kappa shape index (κ3) is 2.57. The number of rotatable bonds is 2. The van der Waals surface area contributed by atoms with E-state index >= 15 is 0 Å². The lowest BCUT2D eigenvalue weighted by atomic mass is 10.2. The van der Waals surface area contributed by atoms with Crippen molar-refractivity contribution >= 4 is 15.7 Å². The van der Waals surface area contributed by atoms with Gasteiger partial charge in [-0.1, -0.05) is 0 Å². The van der Waals surface area contributed by atoms with Crippen LogP contribution in [0.15, 0.2) is 24.5 Å². The summed E-state index contributed by atoms with van der Waals surface area (Å²) in [5.74, 6) is -0.0699. The monoisotopic (exact) mass is 240 g/mol. The predicted octanol–water partition coefficient (Wildman–Crippen LogP) is -0.00150. The lowest BCUT2D eigenvalue weighted by Crippen LogP contribution is -2.35. The van der Waals surface area contributed by atoms with E-state index in [1.54, 1.807) is 18.3 Å². The molecule has 1 amide bonds. The van der Waals surface area contributed by atoms with Crippen LogP contribution in [0.4, 0.5) is 0 Å². The van der Waals surface area contributed by atoms with Crippen molar-refractivity contribution in [3.63, 3.8) is 0 Å². The van der Waals surface area contributed by atoms with Crippen molar-refractivity contribution in [3.05, 3.63) is 30.1 Å². The van der Waals surface area contributed by atoms with Gasteiger partial charge in [0.25, 0.3) is 5.91 Å². The van der Waals surface area contributed by atoms with Crippen LogP contribution in [0.25, 0.3) is 0 Å². The molecule has 0 aliphatic carbocycles. The summed E-state index contributed by atoms with van der Waals surface area (Å²) >= 11 is 0. The van der Waals surface area contributed by atoms with Gasteiger partial charge in [0.15, 0.2) is 9.84 Å². The van der Waals surface area contributed by atoms with Gasteiger partial charge in [0, 0.05) is 18.4 Å². The number of nitrogens with zero attached hydrogens (tertiary/aromatic N) is 1. The molecule has 1 N–H and O–H groups in total. The van der Waals surface area contributed by atoms with Gasteiger partial charge < -0.3 is 5.32 Å². The molecule has 0 radical (unpaired) electrons. The Morgan fingerprint density at radius 3 is 2.88 bits per heavy atom. The minimum Gasteiger partial charge on any atom is -0.348 e. The van der Waals surface area contributed by atoms with Gasteiger partial charge >= 0.3 is 0 Å². The Kier molecular flexibility index (Phi) is 2.91. The van der Waals surface area contributed by atoms with Crippen LogP contribution >= 0.6 is 0 Å². The van der Waals surface area contributed by atoms with Gasteiger partial charge in [-0.25, -0.2) is 8.42 Å². The molecular weight excluding hydrogens is 228 g/mol. The first-order valence-electron chi connectivity index (χ1n) is 4.98. The summed E-state index contributed by atoms with van der Waals surface area (Å²) < 4.78 is 22.4. The van der Waals surface area contributed by atoms with Crippen molar-refractivity contribution in [3.8, 4) is 0 Å². The van der Waals surface area contributed by atoms with Crippen molar-refractivity contribution in [2.45, 2.75) is 12.5 Å². The topological polar surface area (TPSA) is 76.1 Å². The minimum atomic E-state index is -2.95. The van der Waals surface area contributed by atoms with Gasteiger partial charge in [-0.2, -0.15) is 0 Å². The van der Waals surface area contributed by atoms with Gasteiger partial charge in [0.1, 0.15) is 0 Å². The van der Waals surface area contributed by atoms with Crippen molar-refractivity contribution in [1.29, 1.82) is 0 Å². The number of nitrogens with one attached hydrogen (secondary N) is 1. The Labute approximate surface area is 93.8 Å². The van der Waals surface area contributed by atoms with E-state index in [0.29, 0.717) is 12.0 Å². The van der Waals surface area contributed by atoms with Crippen LogP contribution in [0, 0.1) is 0 Å². The lowest BCUT2D eigenvalue weighted by Gasteiger charge is -2.10. The van der Waals surface area contributed by atoms with Crippen molar-refractivity contribution in [2.75, 3.05) is 11.5 Å². The Bertz CT molecular complexity index is 484. The van der Waals surface area contributed by atoms with E-state index in [9.17, 15) is 13.2 Å². The summed E-state index contributed by atoms with van der Waals surface area (Å²) in [4.78, 5) is 15.5. The molecule has 1 saturated heterocycles. The maximum absolute atomic E-state index is 11.7. The fraction of sp³-hybridized carbons (Fsp3) is 0.400. The fourth-order valence-corrected chi connectivity index (χ4v) is 3.35. The zero-order valence-corrected chi connectivity index (χ0v) is 9.40. The number of pyridine rings is 1. The van der Waals surface area contributed by atoms with E-state index in [1.807, 2.05) is 0 Å². The number of hydrogen-bond donors (Lipinski definition) is 1. The first kappa shape index (κ1) is 11.1. The second-order valence-corrected chi connectivity index (χ2v) is 6.04. The molecule has 1 atom stereocenters. The highest BCUT2D eigenvalue weighted by Crippen LogP contribution is 2.11. The summed E-state index contributed by atoms with van der Waals surface area (Å²) in [6.45, 7) is 0. The van der Waals surface area contributed by atoms with Crippen LogP contribution in [0.5, 0.6) is 0 Å². The molecule has 0 spiro atoms. The number of carbonyl (C=O) groups is 1. The summed E-state index contributed by atoms with van der Waals surface area (Å²) in [5.41, 5.74) is 0.451. The summed E-state index contributed by atoms with van der Waals surface area (Å²) in [6, 6.07) is 3.05. The fourth-order valence-electron chi connectivity index (χ4n) is 1.67. The summed E-state index contributed by atoms with van der Waals surface area (Å²) in [7, 11) is -2.95. The molecule has 0 bridgehead atoms. The average Bonchev–Trinajstić information content (AvgIpc) is 2.59. The number of hydrogen-bond acceptors (Lipinski definition) is 4. The maximum atomic E-state index is 11.7. The zero-order valence-electron chi connectivity index (χ0n) is 8.59. The highest BCUT2D eigenvalue weighted by molar-refractivity contribution is 7.91. The number of aromatic nitrogens is 1. The molecule has 0 aromatic carbocycles. The molecule has 2 heterocycles. The summed E-state index contributed by atoms with van der Waals surface area (Å²) in [5, 5.41) is 2.69. The summed E-state index contributed by atoms with van der Waals surface area (Å²) in [6.07, 6.45) is 3.53. The van der Waals surface area contributed by atoms with Crippen molar-refractivity contribution in [1.82, 2.24) is 10.3 Å². The van der Waals surface area contributed by atoms with Crippen LogP contribution < -0.4 is 5.32 Å². The molecule has 6 heteroatoms. The molecule has 1 aromatic heterocycles. The molecule has 1 aliphatic rings. The maximum Gasteiger partial charge on any atom is 0.253 e. The number of carbonyl (C=O) groups excluding carboxylic acids is 1. The van der Waals surface area contributed by atoms with Crippen LogP contribution in [0.3, 0.4) is 0 Å². The first-order valence-corrected chi connectivity index (χ1v) is 6.80. The Morgan fingerprint density at radius 2 is 2.31 bits per heavy atom. The molecule has 1 fully saturated rings. The van der Waals surface area contributed by atoms with E-state index in [0.717, 1.165) is 0 Å². The number of sulfone groups is 1. The molecule has 2 rings (SSSR count). The van der Waals surface area contributed by atoms with E-state index in [2.05, 4.69) is 10.3 Å². The molecule has 86 valence electrons. The second-order valence-electron chi connectivity index (χ2n) is 3.82. The highest BCUT2D eigenvalue weighted by Gasteiger charge is 2.29. The van der Waals surface area contributed by atoms with E-state index in [1.165, 1.54) is 6.20 Å². The highest BCUT2D eigenvalue weighted by atomic mass is 32.2. The third-order valence-corrected chi connectivity index (χ3v) is 4.26. The standard InChI is InChI=1S/C10H12N2O3S/c13-10(8-2-1-4-11-6-8)12-9-3-5-16(14,15)7-9/h1-2,4,6,9H,3,5,7H2,(H,12,13)/t9-/m0/s1. The van der Waals surface area contributed by atoms with Gasteiger partial charge in [0.05, 0.1) is 17.1 Å². The predicted molar refractivity (Wildman–Crippen MR) is 58.8 cm³/mol. The van der Waals surface area contributed by atoms with Gasteiger partial charge in [-0.15, -0.1) is 0 Å². The van der Waals surface area contributed by atoms with E-state index in [4.69, 9.17) is 0 Å². The molecule has 1 aromatic rings. The Morgan fingerprint density at radius 1 is 1.50 bits per heavy atom. The SMILES string of the molecule is O=C(N[C@H]1CCS(=O)(=O)C1)c1cccnc1. The van der Waals surface area contributed by atoms with Gasteiger partial charge in [-0.05, 0) is 18.6 Å². The van der Waals surface area contributed by atoms with Gasteiger partial charge in [0.2, 0.25) is 0 Å². The Balaban J connectivity index is 1.99. The minimum absolute atomic E-state index is 0.0407. The van der Waals surface area contributed by atoms with Crippen LogP contribution in [-0.4, -0.2) is 36.9 Å². The molecule has 0 unspecified atom stereocenters. The normalized spacial score (nSPS) is 22.9. The first-order chi connectivity index (χ1) is 7.57. The lowest BCUT2D eigenvalue weighted by molar-refractivity contribution is 0.0941. The largest absolute Gasteiger partial charge is 0.348 e. The van der Waals surface area contributed by atoms with Gasteiger partial charge in [-0.3, -0.25) is 9.78 Å². The van der Waals surface area contributed by atoms with E-state index < -0.39 is 9.84 Å². The van der Waals surface area contributed by atoms with Crippen LogP contribution in [-0.2, 0) is 9.84 Å². The zero-order chi connectivity index (χ0) is 11.6. The Hall–Kier alpha value is -1.43. The molecule has 16 heavy (non-hydrogen) atoms. The average molecular weight is 240 g/mol. The molecule has 0 saturated carbocycles.